The van der Waals surface area contributed by atoms with E-state index in [9.17, 15) is 4.79 Å². The van der Waals surface area contributed by atoms with Crippen molar-refractivity contribution in [3.63, 3.8) is 0 Å². The van der Waals surface area contributed by atoms with Crippen molar-refractivity contribution in [2.75, 3.05) is 12.3 Å². The Morgan fingerprint density at radius 1 is 1.56 bits per heavy atom. The van der Waals surface area contributed by atoms with Gasteiger partial charge in [-0.25, -0.2) is 9.78 Å². The van der Waals surface area contributed by atoms with E-state index in [1.807, 2.05) is 0 Å². The van der Waals surface area contributed by atoms with E-state index in [2.05, 4.69) is 14.4 Å². The fourth-order valence-corrected chi connectivity index (χ4v) is 2.12. The molecule has 0 unspecified atom stereocenters. The number of nitrogen functional groups attached to an aromatic ring is 1. The van der Waals surface area contributed by atoms with Crippen LogP contribution in [0.25, 0.3) is 11.2 Å². The molecule has 18 heavy (non-hydrogen) atoms. The first-order chi connectivity index (χ1) is 8.69. The van der Waals surface area contributed by atoms with E-state index in [1.165, 1.54) is 6.33 Å². The zero-order valence-corrected chi connectivity index (χ0v) is 9.44. The number of hydrogen-bond acceptors (Lipinski definition) is 7. The Hall–Kier alpha value is -1.93. The molecule has 2 aromatic rings. The summed E-state index contributed by atoms with van der Waals surface area (Å²) in [6.45, 7) is -0.0269. The molecule has 0 saturated carbocycles. The second-order valence-electron chi connectivity index (χ2n) is 4.14. The van der Waals surface area contributed by atoms with Crippen molar-refractivity contribution >= 4 is 17.2 Å². The van der Waals surface area contributed by atoms with Crippen molar-refractivity contribution in [1.29, 1.82) is 0 Å². The van der Waals surface area contributed by atoms with E-state index >= 15 is 0 Å². The summed E-state index contributed by atoms with van der Waals surface area (Å²) in [7, 11) is 0. The predicted octanol–water partition coefficient (Wildman–Crippen LogP) is -0.363. The lowest BCUT2D eigenvalue weighted by atomic mass is 10.2. The molecule has 96 valence electrons. The molecule has 0 aliphatic carbocycles. The third kappa shape index (κ3) is 1.66. The van der Waals surface area contributed by atoms with Gasteiger partial charge in [0.05, 0.1) is 19.0 Å². The number of aromatic nitrogens is 3. The summed E-state index contributed by atoms with van der Waals surface area (Å²) in [5.41, 5.74) is 5.25. The monoisotopic (exact) mass is 252 g/mol. The third-order valence-electron chi connectivity index (χ3n) is 2.97. The third-order valence-corrected chi connectivity index (χ3v) is 2.97. The van der Waals surface area contributed by atoms with Crippen LogP contribution in [0.2, 0.25) is 0 Å². The highest BCUT2D eigenvalue weighted by Gasteiger charge is 2.28. The second kappa shape index (κ2) is 4.07. The molecule has 0 spiro atoms. The predicted molar refractivity (Wildman–Crippen MR) is 60.7 cm³/mol. The van der Waals surface area contributed by atoms with E-state index in [0.29, 0.717) is 5.65 Å². The maximum atomic E-state index is 11.5. The molecule has 1 aliphatic rings. The van der Waals surface area contributed by atoms with Gasteiger partial charge >= 0.3 is 5.63 Å². The standard InChI is InChI=1S/C10H12N4O4/c11-10-13-8-7(9(16)18-10)12-4-14(8)6-2-1-5(3-15)17-6/h4-6,15H,1-3H2,(H2,11,13)/t5-,6+/m0/s1. The van der Waals surface area contributed by atoms with Gasteiger partial charge in [-0.2, -0.15) is 4.98 Å². The van der Waals surface area contributed by atoms with Crippen LogP contribution in [-0.4, -0.2) is 32.4 Å². The maximum absolute atomic E-state index is 11.5. The first-order valence-electron chi connectivity index (χ1n) is 5.58. The Kier molecular flexibility index (Phi) is 2.53. The fourth-order valence-electron chi connectivity index (χ4n) is 2.12. The minimum absolute atomic E-state index is 0.0269. The lowest BCUT2D eigenvalue weighted by molar-refractivity contribution is -0.0207. The SMILES string of the molecule is Nc1nc2c(ncn2[C@H]2CC[C@@H](CO)O2)c(=O)o1. The van der Waals surface area contributed by atoms with Gasteiger partial charge in [-0.1, -0.05) is 0 Å². The quantitative estimate of drug-likeness (QED) is 0.749. The molecule has 8 heteroatoms. The van der Waals surface area contributed by atoms with Gasteiger partial charge in [0.2, 0.25) is 0 Å². The smallest absolute Gasteiger partial charge is 0.368 e. The van der Waals surface area contributed by atoms with E-state index in [1.54, 1.807) is 4.57 Å². The topological polar surface area (TPSA) is 116 Å². The molecular formula is C10H12N4O4. The highest BCUT2D eigenvalue weighted by atomic mass is 16.5. The van der Waals surface area contributed by atoms with E-state index in [4.69, 9.17) is 15.6 Å². The Labute approximate surface area is 101 Å². The highest BCUT2D eigenvalue weighted by molar-refractivity contribution is 5.69. The molecule has 2 atom stereocenters. The molecule has 0 bridgehead atoms. The minimum Gasteiger partial charge on any atom is -0.394 e. The van der Waals surface area contributed by atoms with Gasteiger partial charge < -0.3 is 20.0 Å². The van der Waals surface area contributed by atoms with Gasteiger partial charge in [-0.05, 0) is 12.8 Å². The van der Waals surface area contributed by atoms with Gasteiger partial charge in [0.15, 0.2) is 11.2 Å². The lowest BCUT2D eigenvalue weighted by Crippen LogP contribution is -2.14. The molecular weight excluding hydrogens is 240 g/mol. The molecule has 3 heterocycles. The number of aliphatic hydroxyl groups excluding tert-OH is 1. The summed E-state index contributed by atoms with van der Waals surface area (Å²) in [4.78, 5) is 19.4. The van der Waals surface area contributed by atoms with Crippen molar-refractivity contribution in [1.82, 2.24) is 14.5 Å². The van der Waals surface area contributed by atoms with Gasteiger partial charge in [-0.3, -0.25) is 4.57 Å². The molecule has 0 amide bonds. The van der Waals surface area contributed by atoms with Crippen LogP contribution in [0.3, 0.4) is 0 Å². The average Bonchev–Trinajstić information content (AvgIpc) is 2.93. The van der Waals surface area contributed by atoms with Crippen LogP contribution in [0, 0.1) is 0 Å². The van der Waals surface area contributed by atoms with Crippen LogP contribution < -0.4 is 11.4 Å². The van der Waals surface area contributed by atoms with Crippen LogP contribution >= 0.6 is 0 Å². The molecule has 1 fully saturated rings. The number of fused-ring (bicyclic) bond motifs is 1. The van der Waals surface area contributed by atoms with Gasteiger partial charge in [0.1, 0.15) is 6.23 Å². The van der Waals surface area contributed by atoms with E-state index in [0.717, 1.165) is 12.8 Å². The molecule has 2 aromatic heterocycles. The minimum atomic E-state index is -0.618. The van der Waals surface area contributed by atoms with Crippen molar-refractivity contribution in [2.45, 2.75) is 25.2 Å². The number of imidazole rings is 1. The van der Waals surface area contributed by atoms with Crippen molar-refractivity contribution in [3.05, 3.63) is 16.7 Å². The van der Waals surface area contributed by atoms with E-state index < -0.39 is 5.63 Å². The summed E-state index contributed by atoms with van der Waals surface area (Å²) >= 11 is 0. The first-order valence-corrected chi connectivity index (χ1v) is 5.58. The normalized spacial score (nSPS) is 23.8. The van der Waals surface area contributed by atoms with Crippen LogP contribution in [0.5, 0.6) is 0 Å². The molecule has 3 N–H and O–H groups in total. The van der Waals surface area contributed by atoms with Crippen molar-refractivity contribution in [2.24, 2.45) is 0 Å². The maximum Gasteiger partial charge on any atom is 0.368 e. The van der Waals surface area contributed by atoms with E-state index in [-0.39, 0.29) is 30.5 Å². The fraction of sp³-hybridized carbons (Fsp3) is 0.500. The Morgan fingerprint density at radius 2 is 2.39 bits per heavy atom. The molecule has 0 aromatic carbocycles. The van der Waals surface area contributed by atoms with Crippen LogP contribution in [0.4, 0.5) is 6.01 Å². The zero-order chi connectivity index (χ0) is 12.7. The molecule has 1 aliphatic heterocycles. The molecule has 8 nitrogen and oxygen atoms in total. The summed E-state index contributed by atoms with van der Waals surface area (Å²) in [5.74, 6) is 0. The largest absolute Gasteiger partial charge is 0.394 e. The summed E-state index contributed by atoms with van der Waals surface area (Å²) in [5, 5.41) is 9.03. The first kappa shape index (κ1) is 11.2. The molecule has 0 radical (unpaired) electrons. The van der Waals surface area contributed by atoms with Crippen LogP contribution in [-0.2, 0) is 4.74 Å². The number of aliphatic hydroxyl groups is 1. The average molecular weight is 252 g/mol. The van der Waals surface area contributed by atoms with Gasteiger partial charge in [-0.15, -0.1) is 0 Å². The summed E-state index contributed by atoms with van der Waals surface area (Å²) < 4.78 is 11.9. The Balaban J connectivity index is 2.05. The summed E-state index contributed by atoms with van der Waals surface area (Å²) in [6.07, 6.45) is 2.46. The number of anilines is 1. The Morgan fingerprint density at radius 3 is 3.11 bits per heavy atom. The highest BCUT2D eigenvalue weighted by Crippen LogP contribution is 2.29. The number of rotatable bonds is 2. The van der Waals surface area contributed by atoms with Crippen molar-refractivity contribution in [3.8, 4) is 0 Å². The van der Waals surface area contributed by atoms with Gasteiger partial charge in [0.25, 0.3) is 6.01 Å². The lowest BCUT2D eigenvalue weighted by Gasteiger charge is -2.13. The zero-order valence-electron chi connectivity index (χ0n) is 9.44. The number of hydrogen-bond donors (Lipinski definition) is 2. The number of nitrogens with zero attached hydrogens (tertiary/aromatic N) is 3. The van der Waals surface area contributed by atoms with Gasteiger partial charge in [0, 0.05) is 0 Å². The van der Waals surface area contributed by atoms with Crippen LogP contribution in [0.1, 0.15) is 19.1 Å². The second-order valence-corrected chi connectivity index (χ2v) is 4.14. The molecule has 3 rings (SSSR count). The number of nitrogens with two attached hydrogens (primary N) is 1. The van der Waals surface area contributed by atoms with Crippen molar-refractivity contribution < 1.29 is 14.3 Å². The van der Waals surface area contributed by atoms with Crippen LogP contribution in [0.15, 0.2) is 15.5 Å². The summed E-state index contributed by atoms with van der Waals surface area (Å²) in [6, 6.07) is -0.203. The number of ether oxygens (including phenoxy) is 1. The Bertz CT molecular complexity index is 634. The molecule has 1 saturated heterocycles.